The van der Waals surface area contributed by atoms with Crippen LogP contribution in [0.3, 0.4) is 0 Å². The largest absolute Gasteiger partial charge is 0.342 e. The highest BCUT2D eigenvalue weighted by Gasteiger charge is 2.46. The number of nitrogens with zero attached hydrogens (tertiary/aromatic N) is 3. The van der Waals surface area contributed by atoms with Gasteiger partial charge in [0.25, 0.3) is 5.91 Å². The molecule has 2 N–H and O–H groups in total. The Morgan fingerprint density at radius 2 is 1.74 bits per heavy atom. The summed E-state index contributed by atoms with van der Waals surface area (Å²) in [6, 6.07) is -1.57. The first-order valence-corrected chi connectivity index (χ1v) is 11.0. The number of likely N-dealkylation sites (tertiary alicyclic amines) is 1. The normalized spacial score (nSPS) is 24.7. The van der Waals surface area contributed by atoms with Gasteiger partial charge < -0.3 is 15.5 Å². The summed E-state index contributed by atoms with van der Waals surface area (Å²) in [6.45, 7) is 8.30. The second kappa shape index (κ2) is 9.70. The van der Waals surface area contributed by atoms with Crippen molar-refractivity contribution >= 4 is 17.7 Å². The number of aromatic nitrogens is 2. The van der Waals surface area contributed by atoms with Gasteiger partial charge in [0.05, 0.1) is 6.20 Å². The van der Waals surface area contributed by atoms with E-state index in [1.165, 1.54) is 18.6 Å². The molecule has 0 bridgehead atoms. The molecule has 170 valence electrons. The van der Waals surface area contributed by atoms with Crippen molar-refractivity contribution in [3.8, 4) is 0 Å². The molecule has 2 fully saturated rings. The topological polar surface area (TPSA) is 104 Å². The molecule has 9 heteroatoms. The number of nitrogens with one attached hydrogen (secondary N) is 2. The van der Waals surface area contributed by atoms with Gasteiger partial charge in [-0.05, 0) is 30.6 Å². The maximum atomic E-state index is 14.1. The molecule has 1 unspecified atom stereocenters. The van der Waals surface area contributed by atoms with Gasteiger partial charge in [-0.1, -0.05) is 27.7 Å². The number of halogens is 1. The number of hydrogen-bond donors (Lipinski definition) is 2. The van der Waals surface area contributed by atoms with E-state index in [1.54, 1.807) is 4.90 Å². The molecular weight excluding hydrogens is 401 g/mol. The van der Waals surface area contributed by atoms with Crippen molar-refractivity contribution in [1.29, 1.82) is 0 Å². The molecule has 1 aliphatic heterocycles. The number of carbonyl (C=O) groups is 3. The summed E-state index contributed by atoms with van der Waals surface area (Å²) < 4.78 is 14.1. The van der Waals surface area contributed by atoms with Crippen molar-refractivity contribution in [3.63, 3.8) is 0 Å². The van der Waals surface area contributed by atoms with Crippen LogP contribution in [0.2, 0.25) is 0 Å². The number of amides is 3. The number of fused-ring (bicyclic) bond motifs is 1. The van der Waals surface area contributed by atoms with E-state index in [4.69, 9.17) is 0 Å². The lowest BCUT2D eigenvalue weighted by molar-refractivity contribution is -0.137. The van der Waals surface area contributed by atoms with E-state index in [1.807, 2.05) is 27.7 Å². The van der Waals surface area contributed by atoms with Gasteiger partial charge in [0.2, 0.25) is 11.8 Å². The van der Waals surface area contributed by atoms with Crippen LogP contribution >= 0.6 is 0 Å². The quantitative estimate of drug-likeness (QED) is 0.679. The van der Waals surface area contributed by atoms with E-state index < -0.39 is 30.1 Å². The van der Waals surface area contributed by atoms with Crippen LogP contribution in [0.5, 0.6) is 0 Å². The Labute approximate surface area is 182 Å². The van der Waals surface area contributed by atoms with Crippen molar-refractivity contribution in [3.05, 3.63) is 24.3 Å². The number of carbonyl (C=O) groups excluding carboxylic acids is 3. The Balaban J connectivity index is 1.66. The van der Waals surface area contributed by atoms with Crippen molar-refractivity contribution in [2.75, 3.05) is 13.1 Å². The molecule has 1 saturated carbocycles. The SMILES string of the molecule is CC(C)C(NC(=O)[C@H](NC(=O)c1cnccn1)C(C)C)C(=O)N1C[C@H]2CC[C@H](F)[C@H]2C1. The molecular formula is C22H32FN5O3. The van der Waals surface area contributed by atoms with E-state index in [-0.39, 0.29) is 35.3 Å². The van der Waals surface area contributed by atoms with Crippen LogP contribution in [-0.2, 0) is 9.59 Å². The third-order valence-electron chi connectivity index (χ3n) is 6.34. The maximum Gasteiger partial charge on any atom is 0.272 e. The molecule has 0 aromatic carbocycles. The van der Waals surface area contributed by atoms with E-state index in [2.05, 4.69) is 20.6 Å². The first-order chi connectivity index (χ1) is 14.7. The summed E-state index contributed by atoms with van der Waals surface area (Å²) in [5.74, 6) is -1.37. The highest BCUT2D eigenvalue weighted by Crippen LogP contribution is 2.40. The highest BCUT2D eigenvalue weighted by atomic mass is 19.1. The van der Waals surface area contributed by atoms with Crippen LogP contribution < -0.4 is 10.6 Å². The van der Waals surface area contributed by atoms with Gasteiger partial charge in [-0.15, -0.1) is 0 Å². The van der Waals surface area contributed by atoms with Gasteiger partial charge in [0.15, 0.2) is 0 Å². The average molecular weight is 434 g/mol. The zero-order chi connectivity index (χ0) is 22.7. The summed E-state index contributed by atoms with van der Waals surface area (Å²) >= 11 is 0. The minimum absolute atomic E-state index is 0.0952. The van der Waals surface area contributed by atoms with Crippen LogP contribution in [0.1, 0.15) is 51.0 Å². The van der Waals surface area contributed by atoms with Crippen molar-refractivity contribution in [1.82, 2.24) is 25.5 Å². The molecule has 1 saturated heterocycles. The van der Waals surface area contributed by atoms with Gasteiger partial charge in [-0.2, -0.15) is 0 Å². The standard InChI is InChI=1S/C22H32FN5O3/c1-12(2)18(26-20(29)17-9-24-7-8-25-17)21(30)27-19(13(3)4)22(31)28-10-14-5-6-16(23)15(14)11-28/h7-9,12-16,18-19H,5-6,10-11H2,1-4H3,(H,26,29)(H,27,30)/t14-,15+,16+,18-,19?/m1/s1. The predicted octanol–water partition coefficient (Wildman–Crippen LogP) is 1.58. The number of hydrogen-bond acceptors (Lipinski definition) is 5. The summed E-state index contributed by atoms with van der Waals surface area (Å²) in [4.78, 5) is 48.2. The van der Waals surface area contributed by atoms with Crippen LogP contribution in [0.4, 0.5) is 4.39 Å². The average Bonchev–Trinajstić information content (AvgIpc) is 3.31. The van der Waals surface area contributed by atoms with Crippen molar-refractivity contribution in [2.45, 2.75) is 58.8 Å². The van der Waals surface area contributed by atoms with Crippen LogP contribution in [0.15, 0.2) is 18.6 Å². The molecule has 0 radical (unpaired) electrons. The molecule has 2 heterocycles. The first kappa shape index (κ1) is 23.1. The van der Waals surface area contributed by atoms with E-state index in [0.717, 1.165) is 6.42 Å². The van der Waals surface area contributed by atoms with E-state index in [9.17, 15) is 18.8 Å². The van der Waals surface area contributed by atoms with Crippen LogP contribution in [0, 0.1) is 23.7 Å². The Hall–Kier alpha value is -2.58. The zero-order valence-corrected chi connectivity index (χ0v) is 18.5. The molecule has 1 aromatic heterocycles. The van der Waals surface area contributed by atoms with Gasteiger partial charge in [-0.3, -0.25) is 19.4 Å². The summed E-state index contributed by atoms with van der Waals surface area (Å²) in [6.07, 6.45) is 4.71. The number of rotatable bonds is 7. The van der Waals surface area contributed by atoms with Crippen LogP contribution in [0.25, 0.3) is 0 Å². The second-order valence-electron chi connectivity index (χ2n) is 9.28. The van der Waals surface area contributed by atoms with Gasteiger partial charge in [0.1, 0.15) is 23.9 Å². The Morgan fingerprint density at radius 3 is 2.32 bits per heavy atom. The molecule has 1 aliphatic carbocycles. The van der Waals surface area contributed by atoms with Crippen LogP contribution in [-0.4, -0.2) is 63.9 Å². The molecule has 31 heavy (non-hydrogen) atoms. The third kappa shape index (κ3) is 5.19. The molecule has 2 aliphatic rings. The molecule has 3 rings (SSSR count). The smallest absolute Gasteiger partial charge is 0.272 e. The molecule has 5 atom stereocenters. The van der Waals surface area contributed by atoms with Gasteiger partial charge in [0, 0.05) is 31.4 Å². The molecule has 3 amide bonds. The minimum Gasteiger partial charge on any atom is -0.342 e. The van der Waals surface area contributed by atoms with E-state index >= 15 is 0 Å². The van der Waals surface area contributed by atoms with Crippen molar-refractivity contribution in [2.24, 2.45) is 23.7 Å². The lowest BCUT2D eigenvalue weighted by atomic mass is 9.99. The minimum atomic E-state index is -0.850. The first-order valence-electron chi connectivity index (χ1n) is 11.0. The molecule has 1 aromatic rings. The summed E-state index contributed by atoms with van der Waals surface area (Å²) in [5, 5.41) is 5.53. The fourth-order valence-electron chi connectivity index (χ4n) is 4.50. The van der Waals surface area contributed by atoms with E-state index in [0.29, 0.717) is 19.5 Å². The molecule has 0 spiro atoms. The monoisotopic (exact) mass is 433 g/mol. The summed E-state index contributed by atoms with van der Waals surface area (Å²) in [7, 11) is 0. The number of alkyl halides is 1. The Kier molecular flexibility index (Phi) is 7.23. The summed E-state index contributed by atoms with van der Waals surface area (Å²) in [5.41, 5.74) is 0.113. The third-order valence-corrected chi connectivity index (χ3v) is 6.34. The van der Waals surface area contributed by atoms with Gasteiger partial charge in [-0.25, -0.2) is 9.37 Å². The maximum absolute atomic E-state index is 14.1. The highest BCUT2D eigenvalue weighted by molar-refractivity contribution is 5.97. The predicted molar refractivity (Wildman–Crippen MR) is 113 cm³/mol. The second-order valence-corrected chi connectivity index (χ2v) is 9.28. The fraction of sp³-hybridized carbons (Fsp3) is 0.682. The Bertz CT molecular complexity index is 804. The molecule has 8 nitrogen and oxygen atoms in total. The van der Waals surface area contributed by atoms with Crippen molar-refractivity contribution < 1.29 is 18.8 Å². The lowest BCUT2D eigenvalue weighted by Crippen LogP contribution is -2.57. The zero-order valence-electron chi connectivity index (χ0n) is 18.5. The fourth-order valence-corrected chi connectivity index (χ4v) is 4.50. The Morgan fingerprint density at radius 1 is 1.03 bits per heavy atom. The van der Waals surface area contributed by atoms with Gasteiger partial charge >= 0.3 is 0 Å². The lowest BCUT2D eigenvalue weighted by Gasteiger charge is -2.30.